The van der Waals surface area contributed by atoms with E-state index in [-0.39, 0.29) is 12.8 Å². The predicted molar refractivity (Wildman–Crippen MR) is 149 cm³/mol. The van der Waals surface area contributed by atoms with E-state index >= 15 is 0 Å². The van der Waals surface area contributed by atoms with Crippen LogP contribution >= 0.6 is 46.3 Å². The third-order valence-electron chi connectivity index (χ3n) is 5.74. The molecule has 0 radical (unpaired) electrons. The molecule has 0 saturated heterocycles. The zero-order chi connectivity index (χ0) is 26.7. The van der Waals surface area contributed by atoms with Crippen LogP contribution in [0.5, 0.6) is 0 Å². The van der Waals surface area contributed by atoms with Gasteiger partial charge in [0, 0.05) is 45.8 Å². The highest BCUT2D eigenvalue weighted by Crippen LogP contribution is 2.47. The number of aliphatic carboxylic acids is 1. The highest BCUT2D eigenvalue weighted by Gasteiger charge is 2.26. The fourth-order valence-corrected chi connectivity index (χ4v) is 7.10. The number of carboxylic acids is 1. The Morgan fingerprint density at radius 2 is 1.92 bits per heavy atom. The molecule has 0 bridgehead atoms. The number of hydrogen-bond acceptors (Lipinski definition) is 7. The molecule has 12 heteroatoms. The number of carbonyl (C=O) groups is 1. The van der Waals surface area contributed by atoms with Gasteiger partial charge in [0.05, 0.1) is 27.3 Å². The standard InChI is InChI=1S/C25H24Cl2N2O5S3/c1-2-16(13-24-29(10-8-25(30)31)20-15-18(27)5-7-22(20)36-24)12-23-28(9-3-11-37(32,33)34)19-14-17(26)4-6-21(19)35-23/h4-7,12-15H,2-3,8-11H2,1H3,(H-,30,31,32,33,34). The molecule has 196 valence electrons. The Labute approximate surface area is 233 Å². The second-order valence-electron chi connectivity index (χ2n) is 8.38. The van der Waals surface area contributed by atoms with Crippen molar-refractivity contribution >= 4 is 84.4 Å². The van der Waals surface area contributed by atoms with E-state index in [1.54, 1.807) is 29.2 Å². The third kappa shape index (κ3) is 7.07. The molecule has 37 heavy (non-hydrogen) atoms. The van der Waals surface area contributed by atoms with Crippen molar-refractivity contribution in [2.75, 3.05) is 17.2 Å². The molecule has 0 saturated carbocycles. The maximum atomic E-state index is 11.3. The number of carboxylic acid groups (broad SMARTS) is 1. The van der Waals surface area contributed by atoms with Crippen molar-refractivity contribution < 1.29 is 27.4 Å². The van der Waals surface area contributed by atoms with Gasteiger partial charge in [0.2, 0.25) is 5.52 Å². The summed E-state index contributed by atoms with van der Waals surface area (Å²) >= 11 is 15.6. The minimum Gasteiger partial charge on any atom is -0.748 e. The fraction of sp³-hybridized carbons (Fsp3) is 0.280. The maximum absolute atomic E-state index is 11.3. The number of hydrogen-bond donors (Lipinski definition) is 1. The number of aryl methyl sites for hydroxylation is 1. The molecule has 0 unspecified atom stereocenters. The van der Waals surface area contributed by atoms with E-state index < -0.39 is 21.8 Å². The van der Waals surface area contributed by atoms with Crippen molar-refractivity contribution in [1.82, 2.24) is 0 Å². The summed E-state index contributed by atoms with van der Waals surface area (Å²) in [5.41, 5.74) is 2.76. The van der Waals surface area contributed by atoms with Crippen LogP contribution in [0.15, 0.2) is 58.0 Å². The lowest BCUT2D eigenvalue weighted by atomic mass is 10.2. The zero-order valence-corrected chi connectivity index (χ0v) is 23.8. The average Bonchev–Trinajstić information content (AvgIpc) is 3.33. The van der Waals surface area contributed by atoms with Gasteiger partial charge in [-0.25, -0.2) is 8.42 Å². The van der Waals surface area contributed by atoms with Gasteiger partial charge in [0.25, 0.3) is 5.01 Å². The van der Waals surface area contributed by atoms with Crippen LogP contribution < -0.4 is 9.47 Å². The molecule has 2 heterocycles. The van der Waals surface area contributed by atoms with Crippen LogP contribution in [0, 0.1) is 0 Å². The zero-order valence-electron chi connectivity index (χ0n) is 19.8. The van der Waals surface area contributed by atoms with E-state index in [1.165, 1.54) is 0 Å². The Morgan fingerprint density at radius 3 is 2.62 bits per heavy atom. The predicted octanol–water partition coefficient (Wildman–Crippen LogP) is 6.15. The van der Waals surface area contributed by atoms with Gasteiger partial charge in [-0.1, -0.05) is 53.2 Å². The Balaban J connectivity index is 1.73. The normalized spacial score (nSPS) is 15.1. The summed E-state index contributed by atoms with van der Waals surface area (Å²) in [6.45, 7) is 2.70. The first-order valence-electron chi connectivity index (χ1n) is 11.5. The van der Waals surface area contributed by atoms with E-state index in [4.69, 9.17) is 23.2 Å². The summed E-state index contributed by atoms with van der Waals surface area (Å²) in [6.07, 6.45) is 4.97. The molecule has 1 aromatic heterocycles. The largest absolute Gasteiger partial charge is 0.748 e. The summed E-state index contributed by atoms with van der Waals surface area (Å²) in [4.78, 5) is 14.3. The van der Waals surface area contributed by atoms with Gasteiger partial charge in [0.15, 0.2) is 6.54 Å². The Kier molecular flexibility index (Phi) is 8.88. The van der Waals surface area contributed by atoms with Crippen LogP contribution in [0.2, 0.25) is 10.0 Å². The molecule has 7 nitrogen and oxygen atoms in total. The molecule has 0 spiro atoms. The van der Waals surface area contributed by atoms with Crippen molar-refractivity contribution in [1.29, 1.82) is 0 Å². The van der Waals surface area contributed by atoms with Crippen LogP contribution in [-0.4, -0.2) is 36.3 Å². The molecular weight excluding hydrogens is 575 g/mol. The molecule has 0 aliphatic carbocycles. The first-order valence-corrected chi connectivity index (χ1v) is 15.4. The van der Waals surface area contributed by atoms with Crippen LogP contribution in [0.25, 0.3) is 16.3 Å². The van der Waals surface area contributed by atoms with Crippen molar-refractivity contribution in [2.24, 2.45) is 0 Å². The summed E-state index contributed by atoms with van der Waals surface area (Å²) < 4.78 is 36.5. The number of rotatable bonds is 10. The second kappa shape index (κ2) is 11.8. The molecule has 1 N–H and O–H groups in total. The number of nitrogens with zero attached hydrogens (tertiary/aromatic N) is 2. The van der Waals surface area contributed by atoms with Crippen molar-refractivity contribution in [3.8, 4) is 0 Å². The molecule has 1 aliphatic rings. The number of aromatic nitrogens is 1. The van der Waals surface area contributed by atoms with Crippen LogP contribution in [0.1, 0.15) is 31.2 Å². The van der Waals surface area contributed by atoms with Gasteiger partial charge in [-0.3, -0.25) is 4.79 Å². The molecule has 2 aromatic carbocycles. The molecule has 0 fully saturated rings. The molecule has 1 aliphatic heterocycles. The number of anilines is 1. The lowest BCUT2D eigenvalue weighted by Gasteiger charge is -2.20. The topological polar surface area (TPSA) is 102 Å². The lowest BCUT2D eigenvalue weighted by molar-refractivity contribution is -0.668. The summed E-state index contributed by atoms with van der Waals surface area (Å²) in [6, 6.07) is 11.2. The fourth-order valence-electron chi connectivity index (χ4n) is 3.99. The highest BCUT2D eigenvalue weighted by molar-refractivity contribution is 8.03. The van der Waals surface area contributed by atoms with E-state index in [1.807, 2.05) is 58.9 Å². The average molecular weight is 600 g/mol. The number of halogens is 2. The molecule has 0 amide bonds. The number of thiazole rings is 1. The quantitative estimate of drug-likeness (QED) is 0.220. The summed E-state index contributed by atoms with van der Waals surface area (Å²) in [5.74, 6) is -1.32. The number of fused-ring (bicyclic) bond motifs is 2. The number of benzene rings is 2. The number of allylic oxidation sites excluding steroid dienone is 2. The van der Waals surface area contributed by atoms with Gasteiger partial charge >= 0.3 is 5.97 Å². The summed E-state index contributed by atoms with van der Waals surface area (Å²) in [7, 11) is -4.31. The van der Waals surface area contributed by atoms with Gasteiger partial charge in [0.1, 0.15) is 4.70 Å². The first-order chi connectivity index (χ1) is 17.5. The number of thioether (sulfide) groups is 1. The smallest absolute Gasteiger partial charge is 0.305 e. The van der Waals surface area contributed by atoms with Gasteiger partial charge in [-0.2, -0.15) is 4.57 Å². The van der Waals surface area contributed by atoms with Crippen LogP contribution in [0.3, 0.4) is 0 Å². The molecule has 0 atom stereocenters. The maximum Gasteiger partial charge on any atom is 0.305 e. The van der Waals surface area contributed by atoms with Gasteiger partial charge in [-0.05, 0) is 48.4 Å². The first kappa shape index (κ1) is 27.9. The minimum absolute atomic E-state index is 0.0191. The van der Waals surface area contributed by atoms with Crippen molar-refractivity contribution in [2.45, 2.75) is 37.6 Å². The third-order valence-corrected chi connectivity index (χ3v) is 9.22. The highest BCUT2D eigenvalue weighted by atomic mass is 35.5. The molecule has 4 rings (SSSR count). The van der Waals surface area contributed by atoms with Crippen LogP contribution in [-0.2, 0) is 21.5 Å². The van der Waals surface area contributed by atoms with Crippen molar-refractivity contribution in [3.05, 3.63) is 68.1 Å². The monoisotopic (exact) mass is 598 g/mol. The Bertz CT molecular complexity index is 1520. The Morgan fingerprint density at radius 1 is 1.19 bits per heavy atom. The Hall–Kier alpha value is -2.08. The van der Waals surface area contributed by atoms with E-state index in [0.717, 1.165) is 36.4 Å². The van der Waals surface area contributed by atoms with Crippen molar-refractivity contribution in [3.63, 3.8) is 0 Å². The van der Waals surface area contributed by atoms with Crippen LogP contribution in [0.4, 0.5) is 5.69 Å². The van der Waals surface area contributed by atoms with E-state index in [9.17, 15) is 22.9 Å². The van der Waals surface area contributed by atoms with Gasteiger partial charge in [-0.15, -0.1) is 0 Å². The lowest BCUT2D eigenvalue weighted by Crippen LogP contribution is -2.36. The van der Waals surface area contributed by atoms with Gasteiger partial charge < -0.3 is 14.6 Å². The summed E-state index contributed by atoms with van der Waals surface area (Å²) in [5, 5.41) is 12.2. The molecule has 3 aromatic rings. The SMILES string of the molecule is CCC(=Cc1sc2ccc(Cl)cc2[n+]1CCCS(=O)(=O)[O-])C=C1Sc2ccc(Cl)cc2N1CCC(=O)O. The van der Waals surface area contributed by atoms with E-state index in [0.29, 0.717) is 29.6 Å². The minimum atomic E-state index is -4.31. The molecular formula is C25H24Cl2N2O5S3. The van der Waals surface area contributed by atoms with E-state index in [2.05, 4.69) is 0 Å². The second-order valence-corrected chi connectivity index (χ2v) is 12.9.